The van der Waals surface area contributed by atoms with Gasteiger partial charge in [0.05, 0.1) is 9.82 Å². The highest BCUT2D eigenvalue weighted by Crippen LogP contribution is 2.33. The lowest BCUT2D eigenvalue weighted by atomic mass is 9.85. The smallest absolute Gasteiger partial charge is 0.292 e. The molecule has 1 aromatic rings. The number of anilines is 1. The van der Waals surface area contributed by atoms with Crippen molar-refractivity contribution in [3.8, 4) is 0 Å². The van der Waals surface area contributed by atoms with Crippen molar-refractivity contribution in [2.75, 3.05) is 18.8 Å². The van der Waals surface area contributed by atoms with Gasteiger partial charge in [0.1, 0.15) is 5.69 Å². The fraction of sp³-hybridized carbons (Fsp3) is 0.538. The highest BCUT2D eigenvalue weighted by Gasteiger charge is 2.34. The number of nitro groups is 1. The number of piperidine rings is 1. The van der Waals surface area contributed by atoms with Gasteiger partial charge in [-0.1, -0.05) is 13.8 Å². The third kappa shape index (κ3) is 3.16. The summed E-state index contributed by atoms with van der Waals surface area (Å²) in [5, 5.41) is 10.7. The molecular formula is C13H19N3O4S. The van der Waals surface area contributed by atoms with Gasteiger partial charge in [0, 0.05) is 19.2 Å². The van der Waals surface area contributed by atoms with Gasteiger partial charge in [-0.05, 0) is 30.4 Å². The maximum absolute atomic E-state index is 12.6. The molecular weight excluding hydrogens is 294 g/mol. The Morgan fingerprint density at radius 3 is 2.57 bits per heavy atom. The molecule has 2 rings (SSSR count). The second-order valence-electron chi connectivity index (χ2n) is 6.08. The Kier molecular flexibility index (Phi) is 3.94. The summed E-state index contributed by atoms with van der Waals surface area (Å²) < 4.78 is 26.6. The normalized spacial score (nSPS) is 19.3. The number of nitrogens with two attached hydrogens (primary N) is 1. The second-order valence-corrected chi connectivity index (χ2v) is 8.02. The van der Waals surface area contributed by atoms with Crippen LogP contribution in [-0.2, 0) is 10.0 Å². The number of rotatable bonds is 3. The zero-order valence-corrected chi connectivity index (χ0v) is 12.9. The minimum atomic E-state index is -3.67. The van der Waals surface area contributed by atoms with Gasteiger partial charge in [-0.25, -0.2) is 8.42 Å². The molecule has 1 aromatic carbocycles. The number of nitro benzene ring substituents is 1. The van der Waals surface area contributed by atoms with Crippen molar-refractivity contribution < 1.29 is 13.3 Å². The summed E-state index contributed by atoms with van der Waals surface area (Å²) in [6, 6.07) is 3.54. The van der Waals surface area contributed by atoms with E-state index in [9.17, 15) is 18.5 Å². The van der Waals surface area contributed by atoms with Gasteiger partial charge in [-0.3, -0.25) is 10.1 Å². The van der Waals surface area contributed by atoms with Gasteiger partial charge in [0.25, 0.3) is 5.69 Å². The molecule has 0 bridgehead atoms. The van der Waals surface area contributed by atoms with Crippen molar-refractivity contribution in [3.05, 3.63) is 28.3 Å². The lowest BCUT2D eigenvalue weighted by molar-refractivity contribution is -0.383. The summed E-state index contributed by atoms with van der Waals surface area (Å²) in [7, 11) is -3.67. The molecule has 21 heavy (non-hydrogen) atoms. The highest BCUT2D eigenvalue weighted by molar-refractivity contribution is 7.89. The van der Waals surface area contributed by atoms with Crippen LogP contribution < -0.4 is 5.73 Å². The highest BCUT2D eigenvalue weighted by atomic mass is 32.2. The van der Waals surface area contributed by atoms with E-state index in [-0.39, 0.29) is 21.7 Å². The first kappa shape index (κ1) is 15.7. The number of nitrogens with zero attached hydrogens (tertiary/aromatic N) is 2. The Morgan fingerprint density at radius 1 is 1.38 bits per heavy atom. The van der Waals surface area contributed by atoms with Crippen LogP contribution in [0.2, 0.25) is 0 Å². The van der Waals surface area contributed by atoms with Crippen LogP contribution in [0.1, 0.15) is 26.7 Å². The fourth-order valence-electron chi connectivity index (χ4n) is 2.58. The zero-order valence-electron chi connectivity index (χ0n) is 12.1. The predicted octanol–water partition coefficient (Wildman–Crippen LogP) is 1.99. The maximum Gasteiger partial charge on any atom is 0.292 e. The predicted molar refractivity (Wildman–Crippen MR) is 79.3 cm³/mol. The largest absolute Gasteiger partial charge is 0.393 e. The molecule has 0 radical (unpaired) electrons. The van der Waals surface area contributed by atoms with E-state index >= 15 is 0 Å². The Balaban J connectivity index is 2.36. The van der Waals surface area contributed by atoms with Gasteiger partial charge < -0.3 is 5.73 Å². The number of hydrogen-bond acceptors (Lipinski definition) is 5. The first-order valence-corrected chi connectivity index (χ1v) is 8.12. The van der Waals surface area contributed by atoms with E-state index in [0.717, 1.165) is 25.0 Å². The van der Waals surface area contributed by atoms with Gasteiger partial charge in [0.15, 0.2) is 0 Å². The SMILES string of the molecule is CC1(C)CCCN(S(=O)(=O)c2ccc([N+](=O)[O-])c(N)c2)C1. The summed E-state index contributed by atoms with van der Waals surface area (Å²) in [4.78, 5) is 10.1. The minimum absolute atomic E-state index is 0.00306. The Labute approximate surface area is 123 Å². The lowest BCUT2D eigenvalue weighted by Gasteiger charge is -2.37. The Morgan fingerprint density at radius 2 is 2.05 bits per heavy atom. The Bertz CT molecular complexity index is 670. The number of nitrogen functional groups attached to an aromatic ring is 1. The van der Waals surface area contributed by atoms with Crippen molar-refractivity contribution in [2.24, 2.45) is 5.41 Å². The van der Waals surface area contributed by atoms with Crippen LogP contribution in [0.4, 0.5) is 11.4 Å². The molecule has 0 unspecified atom stereocenters. The van der Waals surface area contributed by atoms with E-state index in [1.807, 2.05) is 13.8 Å². The topological polar surface area (TPSA) is 107 Å². The number of hydrogen-bond donors (Lipinski definition) is 1. The van der Waals surface area contributed by atoms with Crippen LogP contribution in [0.25, 0.3) is 0 Å². The van der Waals surface area contributed by atoms with Crippen LogP contribution in [-0.4, -0.2) is 30.7 Å². The van der Waals surface area contributed by atoms with Gasteiger partial charge in [-0.15, -0.1) is 0 Å². The average Bonchev–Trinajstić information content (AvgIpc) is 2.36. The van der Waals surface area contributed by atoms with Gasteiger partial charge >= 0.3 is 0 Å². The molecule has 1 heterocycles. The second kappa shape index (κ2) is 5.27. The third-order valence-corrected chi connectivity index (χ3v) is 5.54. The molecule has 1 aliphatic rings. The molecule has 1 saturated heterocycles. The zero-order chi connectivity index (χ0) is 15.8. The molecule has 8 heteroatoms. The molecule has 7 nitrogen and oxygen atoms in total. The molecule has 0 spiro atoms. The molecule has 1 fully saturated rings. The molecule has 0 atom stereocenters. The molecule has 2 N–H and O–H groups in total. The molecule has 116 valence electrons. The molecule has 0 aromatic heterocycles. The van der Waals surface area contributed by atoms with Gasteiger partial charge in [0.2, 0.25) is 10.0 Å². The van der Waals surface area contributed by atoms with Crippen molar-refractivity contribution in [3.63, 3.8) is 0 Å². The fourth-order valence-corrected chi connectivity index (χ4v) is 4.29. The summed E-state index contributed by atoms with van der Waals surface area (Å²) in [6.45, 7) is 4.95. The molecule has 0 saturated carbocycles. The minimum Gasteiger partial charge on any atom is -0.393 e. The van der Waals surface area contributed by atoms with Crippen LogP contribution >= 0.6 is 0 Å². The van der Waals surface area contributed by atoms with E-state index in [1.165, 1.54) is 10.4 Å². The first-order chi connectivity index (χ1) is 9.63. The van der Waals surface area contributed by atoms with E-state index in [2.05, 4.69) is 0 Å². The summed E-state index contributed by atoms with van der Waals surface area (Å²) in [5.41, 5.74) is 5.08. The van der Waals surface area contributed by atoms with Crippen LogP contribution in [0.5, 0.6) is 0 Å². The van der Waals surface area contributed by atoms with Crippen LogP contribution in [0, 0.1) is 15.5 Å². The summed E-state index contributed by atoms with van der Waals surface area (Å²) in [5.74, 6) is 0. The van der Waals surface area contributed by atoms with E-state index in [0.29, 0.717) is 13.1 Å². The van der Waals surface area contributed by atoms with Gasteiger partial charge in [-0.2, -0.15) is 4.31 Å². The monoisotopic (exact) mass is 313 g/mol. The molecule has 0 aliphatic carbocycles. The number of benzene rings is 1. The van der Waals surface area contributed by atoms with E-state index < -0.39 is 14.9 Å². The Hall–Kier alpha value is -1.67. The first-order valence-electron chi connectivity index (χ1n) is 6.68. The van der Waals surface area contributed by atoms with Crippen LogP contribution in [0.3, 0.4) is 0 Å². The lowest BCUT2D eigenvalue weighted by Crippen LogP contribution is -2.43. The molecule has 1 aliphatic heterocycles. The van der Waals surface area contributed by atoms with Crippen molar-refractivity contribution in [1.29, 1.82) is 0 Å². The van der Waals surface area contributed by atoms with Crippen molar-refractivity contribution in [1.82, 2.24) is 4.31 Å². The maximum atomic E-state index is 12.6. The summed E-state index contributed by atoms with van der Waals surface area (Å²) >= 11 is 0. The average molecular weight is 313 g/mol. The number of sulfonamides is 1. The summed E-state index contributed by atoms with van der Waals surface area (Å²) in [6.07, 6.45) is 1.77. The quantitative estimate of drug-likeness (QED) is 0.521. The third-order valence-electron chi connectivity index (χ3n) is 3.70. The van der Waals surface area contributed by atoms with Crippen molar-refractivity contribution >= 4 is 21.4 Å². The standard InChI is InChI=1S/C13H19N3O4S/c1-13(2)6-3-7-15(9-13)21(19,20)10-4-5-12(16(17)18)11(14)8-10/h4-5,8H,3,6-7,9,14H2,1-2H3. The van der Waals surface area contributed by atoms with Crippen LogP contribution in [0.15, 0.2) is 23.1 Å². The van der Waals surface area contributed by atoms with E-state index in [4.69, 9.17) is 5.73 Å². The molecule has 0 amide bonds. The van der Waals surface area contributed by atoms with Crippen molar-refractivity contribution in [2.45, 2.75) is 31.6 Å². The van der Waals surface area contributed by atoms with E-state index in [1.54, 1.807) is 0 Å².